The van der Waals surface area contributed by atoms with E-state index in [1.54, 1.807) is 42.5 Å². The predicted molar refractivity (Wildman–Crippen MR) is 133 cm³/mol. The Hall–Kier alpha value is -3.52. The van der Waals surface area contributed by atoms with Crippen LogP contribution < -0.4 is 19.1 Å². The summed E-state index contributed by atoms with van der Waals surface area (Å²) in [6.07, 6.45) is 0. The van der Waals surface area contributed by atoms with E-state index in [9.17, 15) is 13.2 Å². The fraction of sp³-hybridized carbons (Fsp3) is 0.269. The third kappa shape index (κ3) is 6.29. The van der Waals surface area contributed by atoms with Gasteiger partial charge >= 0.3 is 0 Å². The van der Waals surface area contributed by atoms with E-state index < -0.39 is 15.9 Å². The maximum Gasteiger partial charge on any atom is 0.264 e. The molecule has 0 aliphatic rings. The summed E-state index contributed by atoms with van der Waals surface area (Å²) in [5, 5.41) is 2.89. The Kier molecular flexibility index (Phi) is 8.54. The van der Waals surface area contributed by atoms with Crippen molar-refractivity contribution in [3.05, 3.63) is 84.4 Å². The molecule has 3 rings (SSSR count). The van der Waals surface area contributed by atoms with Gasteiger partial charge in [-0.1, -0.05) is 30.3 Å². The molecule has 180 valence electrons. The molecule has 0 spiro atoms. The summed E-state index contributed by atoms with van der Waals surface area (Å²) in [5.41, 5.74) is 1.26. The van der Waals surface area contributed by atoms with Gasteiger partial charge in [0.2, 0.25) is 5.91 Å². The van der Waals surface area contributed by atoms with Gasteiger partial charge < -0.3 is 14.8 Å². The average molecular weight is 483 g/mol. The summed E-state index contributed by atoms with van der Waals surface area (Å²) in [6, 6.07) is 21.8. The molecule has 0 aliphatic heterocycles. The third-order valence-electron chi connectivity index (χ3n) is 5.12. The molecule has 0 unspecified atom stereocenters. The monoisotopic (exact) mass is 482 g/mol. The van der Waals surface area contributed by atoms with Crippen molar-refractivity contribution in [3.8, 4) is 11.5 Å². The summed E-state index contributed by atoms with van der Waals surface area (Å²) in [4.78, 5) is 13.1. The van der Waals surface area contributed by atoms with Crippen LogP contribution >= 0.6 is 0 Å². The fourth-order valence-corrected chi connectivity index (χ4v) is 4.87. The van der Waals surface area contributed by atoms with E-state index in [0.29, 0.717) is 24.7 Å². The van der Waals surface area contributed by atoms with Gasteiger partial charge in [0, 0.05) is 0 Å². The van der Waals surface area contributed by atoms with Crippen LogP contribution in [0.5, 0.6) is 11.5 Å². The van der Waals surface area contributed by atoms with Crippen LogP contribution in [0.4, 0.5) is 5.69 Å². The molecule has 0 radical (unpaired) electrons. The third-order valence-corrected chi connectivity index (χ3v) is 6.91. The second-order valence-electron chi connectivity index (χ2n) is 7.54. The van der Waals surface area contributed by atoms with Crippen LogP contribution in [-0.2, 0) is 14.8 Å². The van der Waals surface area contributed by atoms with Crippen molar-refractivity contribution in [2.75, 3.05) is 24.1 Å². The lowest BCUT2D eigenvalue weighted by Gasteiger charge is -2.25. The van der Waals surface area contributed by atoms with E-state index in [0.717, 1.165) is 15.6 Å². The summed E-state index contributed by atoms with van der Waals surface area (Å²) in [5.74, 6) is 0.951. The number of nitrogens with one attached hydrogen (secondary N) is 1. The van der Waals surface area contributed by atoms with Crippen LogP contribution in [0.1, 0.15) is 32.4 Å². The Morgan fingerprint density at radius 3 is 1.91 bits per heavy atom. The number of anilines is 1. The first-order valence-electron chi connectivity index (χ1n) is 11.2. The lowest BCUT2D eigenvalue weighted by atomic mass is 10.1. The molecule has 8 heteroatoms. The van der Waals surface area contributed by atoms with Gasteiger partial charge in [-0.3, -0.25) is 9.10 Å². The number of hydrogen-bond acceptors (Lipinski definition) is 5. The summed E-state index contributed by atoms with van der Waals surface area (Å²) >= 11 is 0. The largest absolute Gasteiger partial charge is 0.494 e. The average Bonchev–Trinajstić information content (AvgIpc) is 2.84. The highest BCUT2D eigenvalue weighted by molar-refractivity contribution is 7.92. The lowest BCUT2D eigenvalue weighted by molar-refractivity contribution is -0.120. The molecule has 3 aromatic carbocycles. The molecule has 0 aliphatic carbocycles. The summed E-state index contributed by atoms with van der Waals surface area (Å²) < 4.78 is 38.9. The van der Waals surface area contributed by atoms with E-state index >= 15 is 0 Å². The number of hydrogen-bond donors (Lipinski definition) is 1. The Bertz CT molecular complexity index is 1160. The molecule has 1 atom stereocenters. The van der Waals surface area contributed by atoms with Crippen LogP contribution in [-0.4, -0.2) is 34.1 Å². The van der Waals surface area contributed by atoms with Crippen LogP contribution in [0.25, 0.3) is 0 Å². The molecule has 7 nitrogen and oxygen atoms in total. The number of nitrogens with zero attached hydrogens (tertiary/aromatic N) is 1. The van der Waals surface area contributed by atoms with Crippen molar-refractivity contribution in [1.29, 1.82) is 0 Å². The number of ether oxygens (including phenoxy) is 2. The molecule has 0 aromatic heterocycles. The van der Waals surface area contributed by atoms with E-state index in [2.05, 4.69) is 5.32 Å². The van der Waals surface area contributed by atoms with Gasteiger partial charge in [0.15, 0.2) is 0 Å². The molecule has 3 aromatic rings. The zero-order chi connectivity index (χ0) is 24.6. The second kappa shape index (κ2) is 11.6. The first-order chi connectivity index (χ1) is 16.3. The van der Waals surface area contributed by atoms with Crippen molar-refractivity contribution in [2.45, 2.75) is 31.7 Å². The summed E-state index contributed by atoms with van der Waals surface area (Å²) in [6.45, 7) is 6.33. The SMILES string of the molecule is CCOc1ccc([C@H](C)NC(=O)CN(c2ccc(OCC)cc2)S(=O)(=O)c2ccccc2)cc1. The zero-order valence-corrected chi connectivity index (χ0v) is 20.4. The van der Waals surface area contributed by atoms with Gasteiger partial charge in [-0.05, 0) is 74.9 Å². The van der Waals surface area contributed by atoms with E-state index in [-0.39, 0.29) is 17.5 Å². The number of carbonyl (C=O) groups is 1. The van der Waals surface area contributed by atoms with Crippen molar-refractivity contribution < 1.29 is 22.7 Å². The topological polar surface area (TPSA) is 84.9 Å². The lowest BCUT2D eigenvalue weighted by Crippen LogP contribution is -2.41. The van der Waals surface area contributed by atoms with E-state index in [4.69, 9.17) is 9.47 Å². The highest BCUT2D eigenvalue weighted by atomic mass is 32.2. The van der Waals surface area contributed by atoms with Crippen LogP contribution in [0.2, 0.25) is 0 Å². The van der Waals surface area contributed by atoms with Gasteiger partial charge in [0.05, 0.1) is 29.8 Å². The fourth-order valence-electron chi connectivity index (χ4n) is 3.43. The predicted octanol–water partition coefficient (Wildman–Crippen LogP) is 4.56. The minimum Gasteiger partial charge on any atom is -0.494 e. The summed E-state index contributed by atoms with van der Waals surface area (Å²) in [7, 11) is -3.97. The molecule has 0 saturated carbocycles. The van der Waals surface area contributed by atoms with Gasteiger partial charge in [-0.25, -0.2) is 8.42 Å². The molecular weight excluding hydrogens is 452 g/mol. The Morgan fingerprint density at radius 2 is 1.38 bits per heavy atom. The first-order valence-corrected chi connectivity index (χ1v) is 12.6. The van der Waals surface area contributed by atoms with Gasteiger partial charge in [-0.15, -0.1) is 0 Å². The van der Waals surface area contributed by atoms with Crippen LogP contribution in [0.15, 0.2) is 83.8 Å². The van der Waals surface area contributed by atoms with Crippen molar-refractivity contribution in [1.82, 2.24) is 5.32 Å². The number of benzene rings is 3. The Balaban J connectivity index is 1.82. The molecule has 1 amide bonds. The normalized spacial score (nSPS) is 12.0. The highest BCUT2D eigenvalue weighted by Gasteiger charge is 2.27. The maximum atomic E-state index is 13.4. The van der Waals surface area contributed by atoms with E-state index in [1.807, 2.05) is 45.0 Å². The molecule has 0 saturated heterocycles. The number of rotatable bonds is 11. The number of carbonyl (C=O) groups excluding carboxylic acids is 1. The minimum absolute atomic E-state index is 0.108. The Morgan fingerprint density at radius 1 is 0.853 bits per heavy atom. The van der Waals surface area contributed by atoms with Crippen molar-refractivity contribution in [2.24, 2.45) is 0 Å². The minimum atomic E-state index is -3.97. The standard InChI is InChI=1S/C26H30N2O5S/c1-4-32-23-15-11-21(12-16-23)20(3)27-26(29)19-28(22-13-17-24(18-14-22)33-5-2)34(30,31)25-9-7-6-8-10-25/h6-18,20H,4-5,19H2,1-3H3,(H,27,29)/t20-/m0/s1. The van der Waals surface area contributed by atoms with Crippen molar-refractivity contribution >= 4 is 21.6 Å². The van der Waals surface area contributed by atoms with Gasteiger partial charge in [0.1, 0.15) is 18.0 Å². The zero-order valence-electron chi connectivity index (χ0n) is 19.6. The molecule has 34 heavy (non-hydrogen) atoms. The molecule has 1 N–H and O–H groups in total. The molecule has 0 fully saturated rings. The number of sulfonamides is 1. The van der Waals surface area contributed by atoms with E-state index in [1.165, 1.54) is 12.1 Å². The molecule has 0 bridgehead atoms. The number of amides is 1. The van der Waals surface area contributed by atoms with Gasteiger partial charge in [0.25, 0.3) is 10.0 Å². The van der Waals surface area contributed by atoms with Crippen LogP contribution in [0.3, 0.4) is 0 Å². The quantitative estimate of drug-likeness (QED) is 0.433. The maximum absolute atomic E-state index is 13.4. The molecular formula is C26H30N2O5S. The Labute approximate surface area is 201 Å². The second-order valence-corrected chi connectivity index (χ2v) is 9.41. The van der Waals surface area contributed by atoms with Crippen molar-refractivity contribution in [3.63, 3.8) is 0 Å². The first kappa shape index (κ1) is 25.1. The van der Waals surface area contributed by atoms with Gasteiger partial charge in [-0.2, -0.15) is 0 Å². The highest BCUT2D eigenvalue weighted by Crippen LogP contribution is 2.26. The van der Waals surface area contributed by atoms with Crippen LogP contribution in [0, 0.1) is 0 Å². The molecule has 0 heterocycles. The smallest absolute Gasteiger partial charge is 0.264 e.